The zero-order valence-corrected chi connectivity index (χ0v) is 9.15. The van der Waals surface area contributed by atoms with Crippen LogP contribution < -0.4 is 5.73 Å². The van der Waals surface area contributed by atoms with Gasteiger partial charge in [0.05, 0.1) is 0 Å². The van der Waals surface area contributed by atoms with Gasteiger partial charge in [0.25, 0.3) is 0 Å². The van der Waals surface area contributed by atoms with Gasteiger partial charge in [-0.05, 0) is 34.9 Å². The first-order valence-corrected chi connectivity index (χ1v) is 5.54. The number of rotatable bonds is 1. The molecule has 1 atom stereocenters. The van der Waals surface area contributed by atoms with Crippen LogP contribution >= 0.6 is 0 Å². The molecule has 0 amide bonds. The molecule has 86 valence electrons. The second-order valence-electron chi connectivity index (χ2n) is 4.26. The third-order valence-corrected chi connectivity index (χ3v) is 3.34. The van der Waals surface area contributed by atoms with Gasteiger partial charge in [-0.25, -0.2) is 4.39 Å². The summed E-state index contributed by atoms with van der Waals surface area (Å²) in [5.74, 6) is -0.0661. The molecule has 1 aliphatic carbocycles. The summed E-state index contributed by atoms with van der Waals surface area (Å²) in [4.78, 5) is 0. The van der Waals surface area contributed by atoms with Gasteiger partial charge in [-0.3, -0.25) is 0 Å². The first-order chi connectivity index (χ1) is 8.22. The summed E-state index contributed by atoms with van der Waals surface area (Å²) >= 11 is 0. The number of halogens is 1. The molecule has 0 radical (unpaired) electrons. The lowest BCUT2D eigenvalue weighted by Crippen LogP contribution is -2.11. The van der Waals surface area contributed by atoms with E-state index in [0.29, 0.717) is 6.54 Å². The maximum absolute atomic E-state index is 13.3. The number of benzene rings is 2. The van der Waals surface area contributed by atoms with Crippen molar-refractivity contribution in [2.45, 2.75) is 5.92 Å². The van der Waals surface area contributed by atoms with Crippen molar-refractivity contribution in [3.63, 3.8) is 0 Å². The Kier molecular flexibility index (Phi) is 2.16. The third-order valence-electron chi connectivity index (χ3n) is 3.34. The van der Waals surface area contributed by atoms with E-state index in [4.69, 9.17) is 5.73 Å². The van der Waals surface area contributed by atoms with Crippen molar-refractivity contribution in [1.82, 2.24) is 0 Å². The van der Waals surface area contributed by atoms with E-state index in [2.05, 4.69) is 0 Å². The zero-order chi connectivity index (χ0) is 12.0. The van der Waals surface area contributed by atoms with Gasteiger partial charge in [0.15, 0.2) is 0 Å². The number of phenolic OH excluding ortho intramolecular Hbond substituents is 1. The Hall–Kier alpha value is -1.87. The monoisotopic (exact) mass is 229 g/mol. The van der Waals surface area contributed by atoms with E-state index < -0.39 is 0 Å². The Balaban J connectivity index is 2.34. The van der Waals surface area contributed by atoms with Crippen molar-refractivity contribution >= 4 is 0 Å². The molecule has 0 saturated heterocycles. The summed E-state index contributed by atoms with van der Waals surface area (Å²) in [6, 6.07) is 9.99. The molecule has 3 heteroatoms. The fourth-order valence-electron chi connectivity index (χ4n) is 2.61. The molecule has 2 aromatic rings. The lowest BCUT2D eigenvalue weighted by Gasteiger charge is -2.10. The molecule has 0 fully saturated rings. The second kappa shape index (κ2) is 3.57. The van der Waals surface area contributed by atoms with Crippen molar-refractivity contribution < 1.29 is 9.50 Å². The SMILES string of the molecule is NCC1c2cc(F)ccc2-c2c(O)cccc21. The van der Waals surface area contributed by atoms with Crippen molar-refractivity contribution in [1.29, 1.82) is 0 Å². The fourth-order valence-corrected chi connectivity index (χ4v) is 2.61. The average Bonchev–Trinajstić information content (AvgIpc) is 2.63. The van der Waals surface area contributed by atoms with Crippen molar-refractivity contribution in [3.05, 3.63) is 53.3 Å². The van der Waals surface area contributed by atoms with Gasteiger partial charge in [0.1, 0.15) is 11.6 Å². The first kappa shape index (κ1) is 10.3. The van der Waals surface area contributed by atoms with Gasteiger partial charge in [-0.15, -0.1) is 0 Å². The topological polar surface area (TPSA) is 46.2 Å². The molecule has 1 unspecified atom stereocenters. The first-order valence-electron chi connectivity index (χ1n) is 5.54. The number of hydrogen-bond acceptors (Lipinski definition) is 2. The molecular formula is C14H12FNO. The maximum atomic E-state index is 13.3. The van der Waals surface area contributed by atoms with E-state index in [1.807, 2.05) is 6.07 Å². The van der Waals surface area contributed by atoms with Crippen LogP contribution in [0.3, 0.4) is 0 Å². The standard InChI is InChI=1S/C14H12FNO/c15-8-4-5-10-11(6-8)12(7-16)9-2-1-3-13(17)14(9)10/h1-6,12,17H,7,16H2. The fraction of sp³-hybridized carbons (Fsp3) is 0.143. The number of hydrogen-bond donors (Lipinski definition) is 2. The Morgan fingerprint density at radius 1 is 1.18 bits per heavy atom. The molecule has 0 bridgehead atoms. The van der Waals surface area contributed by atoms with Crippen LogP contribution in [0, 0.1) is 5.82 Å². The van der Waals surface area contributed by atoms with E-state index >= 15 is 0 Å². The van der Waals surface area contributed by atoms with Crippen LogP contribution in [0.25, 0.3) is 11.1 Å². The van der Waals surface area contributed by atoms with Crippen LogP contribution in [0.2, 0.25) is 0 Å². The van der Waals surface area contributed by atoms with Crippen molar-refractivity contribution in [2.75, 3.05) is 6.54 Å². The van der Waals surface area contributed by atoms with Crippen molar-refractivity contribution in [3.8, 4) is 16.9 Å². The summed E-state index contributed by atoms with van der Waals surface area (Å²) in [5.41, 5.74) is 9.28. The molecular weight excluding hydrogens is 217 g/mol. The Labute approximate surface area is 98.5 Å². The highest BCUT2D eigenvalue weighted by molar-refractivity contribution is 5.83. The summed E-state index contributed by atoms with van der Waals surface area (Å²) < 4.78 is 13.3. The van der Waals surface area contributed by atoms with Crippen LogP contribution in [0.1, 0.15) is 17.0 Å². The van der Waals surface area contributed by atoms with Crippen LogP contribution in [-0.4, -0.2) is 11.7 Å². The number of fused-ring (bicyclic) bond motifs is 3. The molecule has 0 spiro atoms. The van der Waals surface area contributed by atoms with Gasteiger partial charge in [0, 0.05) is 18.0 Å². The lowest BCUT2D eigenvalue weighted by molar-refractivity contribution is 0.477. The van der Waals surface area contributed by atoms with Crippen LogP contribution in [0.5, 0.6) is 5.75 Å². The maximum Gasteiger partial charge on any atom is 0.123 e. The van der Waals surface area contributed by atoms with Gasteiger partial charge in [-0.2, -0.15) is 0 Å². The second-order valence-corrected chi connectivity index (χ2v) is 4.26. The van der Waals surface area contributed by atoms with Gasteiger partial charge >= 0.3 is 0 Å². The smallest absolute Gasteiger partial charge is 0.123 e. The molecule has 0 aromatic heterocycles. The molecule has 0 aliphatic heterocycles. The van der Waals surface area contributed by atoms with E-state index in [9.17, 15) is 9.50 Å². The van der Waals surface area contributed by atoms with Crippen LogP contribution in [0.15, 0.2) is 36.4 Å². The van der Waals surface area contributed by atoms with E-state index in [1.54, 1.807) is 18.2 Å². The summed E-state index contributed by atoms with van der Waals surface area (Å²) in [7, 11) is 0. The Bertz CT molecular complexity index is 595. The van der Waals surface area contributed by atoms with Gasteiger partial charge < -0.3 is 10.8 Å². The zero-order valence-electron chi connectivity index (χ0n) is 9.15. The van der Waals surface area contributed by atoms with E-state index in [-0.39, 0.29) is 17.5 Å². The molecule has 0 heterocycles. The van der Waals surface area contributed by atoms with Crippen molar-refractivity contribution in [2.24, 2.45) is 5.73 Å². The molecule has 2 aromatic carbocycles. The summed E-state index contributed by atoms with van der Waals surface area (Å²) in [5, 5.41) is 9.93. The minimum atomic E-state index is -0.269. The summed E-state index contributed by atoms with van der Waals surface area (Å²) in [6.45, 7) is 0.410. The molecule has 0 saturated carbocycles. The van der Waals surface area contributed by atoms with E-state index in [1.165, 1.54) is 12.1 Å². The lowest BCUT2D eigenvalue weighted by atomic mass is 9.97. The molecule has 2 nitrogen and oxygen atoms in total. The van der Waals surface area contributed by atoms with Crippen LogP contribution in [-0.2, 0) is 0 Å². The molecule has 17 heavy (non-hydrogen) atoms. The average molecular weight is 229 g/mol. The minimum Gasteiger partial charge on any atom is -0.507 e. The van der Waals surface area contributed by atoms with Crippen LogP contribution in [0.4, 0.5) is 4.39 Å². The normalized spacial score (nSPS) is 16.7. The number of nitrogens with two attached hydrogens (primary N) is 1. The van der Waals surface area contributed by atoms with Gasteiger partial charge in [0.2, 0.25) is 0 Å². The number of aromatic hydroxyl groups is 1. The highest BCUT2D eigenvalue weighted by Gasteiger charge is 2.29. The summed E-state index contributed by atoms with van der Waals surface area (Å²) in [6.07, 6.45) is 0. The molecule has 1 aliphatic rings. The third kappa shape index (κ3) is 1.36. The highest BCUT2D eigenvalue weighted by atomic mass is 19.1. The number of phenols is 1. The highest BCUT2D eigenvalue weighted by Crippen LogP contribution is 2.48. The van der Waals surface area contributed by atoms with Gasteiger partial charge in [-0.1, -0.05) is 18.2 Å². The largest absolute Gasteiger partial charge is 0.507 e. The predicted molar refractivity (Wildman–Crippen MR) is 64.4 cm³/mol. The molecule has 3 rings (SSSR count). The quantitative estimate of drug-likeness (QED) is 0.789. The Morgan fingerprint density at radius 3 is 2.76 bits per heavy atom. The van der Waals surface area contributed by atoms with E-state index in [0.717, 1.165) is 22.3 Å². The minimum absolute atomic E-state index is 0.0252. The molecule has 3 N–H and O–H groups in total. The predicted octanol–water partition coefficient (Wildman–Crippen LogP) is 2.60. The Morgan fingerprint density at radius 2 is 2.00 bits per heavy atom.